The van der Waals surface area contributed by atoms with E-state index < -0.39 is 0 Å². The number of pyridine rings is 1. The number of rotatable bonds is 3. The molecule has 1 aromatic heterocycles. The van der Waals surface area contributed by atoms with Crippen molar-refractivity contribution in [3.05, 3.63) is 35.2 Å². The fraction of sp³-hybridized carbons (Fsp3) is 0.250. The van der Waals surface area contributed by atoms with Crippen LogP contribution in [0, 0.1) is 25.2 Å². The molecule has 1 heterocycles. The second kappa shape index (κ2) is 5.71. The van der Waals surface area contributed by atoms with Gasteiger partial charge >= 0.3 is 0 Å². The van der Waals surface area contributed by atoms with Crippen LogP contribution in [0.4, 0.5) is 5.69 Å². The minimum absolute atomic E-state index is 0.477. The van der Waals surface area contributed by atoms with Crippen molar-refractivity contribution in [1.82, 2.24) is 4.98 Å². The Hall–Kier alpha value is -2.74. The fourth-order valence-electron chi connectivity index (χ4n) is 2.29. The van der Waals surface area contributed by atoms with Crippen molar-refractivity contribution in [3.8, 4) is 28.7 Å². The summed E-state index contributed by atoms with van der Waals surface area (Å²) in [5.41, 5.74) is 9.97. The van der Waals surface area contributed by atoms with Crippen LogP contribution in [0.3, 0.4) is 0 Å². The molecule has 0 unspecified atom stereocenters. The normalized spacial score (nSPS) is 10.0. The van der Waals surface area contributed by atoms with Gasteiger partial charge in [0.1, 0.15) is 6.07 Å². The van der Waals surface area contributed by atoms with E-state index >= 15 is 0 Å². The van der Waals surface area contributed by atoms with Gasteiger partial charge in [-0.15, -0.1) is 0 Å². The van der Waals surface area contributed by atoms with Crippen molar-refractivity contribution in [2.24, 2.45) is 0 Å². The third-order valence-electron chi connectivity index (χ3n) is 3.39. The molecule has 0 saturated heterocycles. The Morgan fingerprint density at radius 1 is 1.10 bits per heavy atom. The Balaban J connectivity index is 2.76. The van der Waals surface area contributed by atoms with E-state index in [0.29, 0.717) is 39.7 Å². The second-order valence-electron chi connectivity index (χ2n) is 4.63. The molecule has 1 aromatic carbocycles. The molecule has 2 aromatic rings. The van der Waals surface area contributed by atoms with Crippen LogP contribution in [-0.2, 0) is 0 Å². The number of anilines is 1. The lowest BCUT2D eigenvalue weighted by molar-refractivity contribution is 0.355. The molecule has 0 aliphatic carbocycles. The molecule has 5 nitrogen and oxygen atoms in total. The number of benzene rings is 1. The molecule has 2 N–H and O–H groups in total. The molecule has 21 heavy (non-hydrogen) atoms. The Labute approximate surface area is 123 Å². The predicted molar refractivity (Wildman–Crippen MR) is 81.4 cm³/mol. The number of nitrogens with two attached hydrogens (primary N) is 1. The van der Waals surface area contributed by atoms with Gasteiger partial charge in [0.25, 0.3) is 0 Å². The first kappa shape index (κ1) is 14.7. The number of nitrogen functional groups attached to an aromatic ring is 1. The maximum atomic E-state index is 9.40. The number of nitriles is 1. The van der Waals surface area contributed by atoms with E-state index in [2.05, 4.69) is 11.1 Å². The van der Waals surface area contributed by atoms with Crippen molar-refractivity contribution in [3.63, 3.8) is 0 Å². The van der Waals surface area contributed by atoms with Gasteiger partial charge in [-0.2, -0.15) is 5.26 Å². The first-order valence-corrected chi connectivity index (χ1v) is 6.42. The number of aromatic nitrogens is 1. The van der Waals surface area contributed by atoms with Gasteiger partial charge in [0.15, 0.2) is 11.5 Å². The summed E-state index contributed by atoms with van der Waals surface area (Å²) in [7, 11) is 3.15. The molecule has 0 saturated carbocycles. The SMILES string of the molecule is COc1ccc(-c2c(N)c(C)nc(C)c2C#N)cc1OC. The van der Waals surface area contributed by atoms with Gasteiger partial charge < -0.3 is 15.2 Å². The van der Waals surface area contributed by atoms with Crippen LogP contribution in [0.2, 0.25) is 0 Å². The number of aryl methyl sites for hydroxylation is 2. The monoisotopic (exact) mass is 283 g/mol. The van der Waals surface area contributed by atoms with Gasteiger partial charge in [0, 0.05) is 5.56 Å². The molecule has 0 radical (unpaired) electrons. The Kier molecular flexibility index (Phi) is 3.99. The molecule has 2 rings (SSSR count). The maximum Gasteiger partial charge on any atom is 0.161 e. The van der Waals surface area contributed by atoms with Gasteiger partial charge in [-0.05, 0) is 31.5 Å². The smallest absolute Gasteiger partial charge is 0.161 e. The Bertz CT molecular complexity index is 733. The van der Waals surface area contributed by atoms with Crippen LogP contribution in [-0.4, -0.2) is 19.2 Å². The fourth-order valence-corrected chi connectivity index (χ4v) is 2.29. The molecular weight excluding hydrogens is 266 g/mol. The molecular formula is C16H17N3O2. The van der Waals surface area contributed by atoms with Gasteiger partial charge in [-0.25, -0.2) is 0 Å². The van der Waals surface area contributed by atoms with Crippen LogP contribution in [0.1, 0.15) is 17.0 Å². The molecule has 0 aliphatic rings. The zero-order valence-corrected chi connectivity index (χ0v) is 12.5. The van der Waals surface area contributed by atoms with Gasteiger partial charge in [-0.1, -0.05) is 6.07 Å². The predicted octanol–water partition coefficient (Wildman–Crippen LogP) is 2.84. The van der Waals surface area contributed by atoms with Crippen LogP contribution in [0.5, 0.6) is 11.5 Å². The van der Waals surface area contributed by atoms with Crippen molar-refractivity contribution < 1.29 is 9.47 Å². The third-order valence-corrected chi connectivity index (χ3v) is 3.39. The van der Waals surface area contributed by atoms with Crippen LogP contribution >= 0.6 is 0 Å². The van der Waals surface area contributed by atoms with Gasteiger partial charge in [0.2, 0.25) is 0 Å². The lowest BCUT2D eigenvalue weighted by Gasteiger charge is -2.14. The highest BCUT2D eigenvalue weighted by Crippen LogP contribution is 2.37. The third kappa shape index (κ3) is 2.48. The van der Waals surface area contributed by atoms with E-state index in [9.17, 15) is 5.26 Å². The lowest BCUT2D eigenvalue weighted by Crippen LogP contribution is -2.03. The quantitative estimate of drug-likeness (QED) is 0.936. The second-order valence-corrected chi connectivity index (χ2v) is 4.63. The van der Waals surface area contributed by atoms with Gasteiger partial charge in [0.05, 0.1) is 36.9 Å². The average Bonchev–Trinajstić information content (AvgIpc) is 2.49. The van der Waals surface area contributed by atoms with E-state index in [1.54, 1.807) is 27.2 Å². The molecule has 5 heteroatoms. The van der Waals surface area contributed by atoms with Crippen molar-refractivity contribution in [2.75, 3.05) is 20.0 Å². The summed E-state index contributed by atoms with van der Waals surface area (Å²) in [5, 5.41) is 9.40. The summed E-state index contributed by atoms with van der Waals surface area (Å²) >= 11 is 0. The first-order chi connectivity index (χ1) is 10.0. The van der Waals surface area contributed by atoms with Crippen molar-refractivity contribution in [2.45, 2.75) is 13.8 Å². The summed E-state index contributed by atoms with van der Waals surface area (Å²) in [6.07, 6.45) is 0. The van der Waals surface area contributed by atoms with Crippen LogP contribution in [0.15, 0.2) is 18.2 Å². The molecule has 0 atom stereocenters. The number of methoxy groups -OCH3 is 2. The summed E-state index contributed by atoms with van der Waals surface area (Å²) < 4.78 is 10.5. The molecule has 108 valence electrons. The molecule has 0 amide bonds. The van der Waals surface area contributed by atoms with E-state index in [4.69, 9.17) is 15.2 Å². The summed E-state index contributed by atoms with van der Waals surface area (Å²) in [4.78, 5) is 4.30. The van der Waals surface area contributed by atoms with Crippen molar-refractivity contribution >= 4 is 5.69 Å². The highest BCUT2D eigenvalue weighted by Gasteiger charge is 2.17. The first-order valence-electron chi connectivity index (χ1n) is 6.42. The molecule has 0 spiro atoms. The van der Waals surface area contributed by atoms with E-state index in [-0.39, 0.29) is 0 Å². The van der Waals surface area contributed by atoms with Crippen molar-refractivity contribution in [1.29, 1.82) is 5.26 Å². The van der Waals surface area contributed by atoms with E-state index in [1.165, 1.54) is 0 Å². The van der Waals surface area contributed by atoms with Gasteiger partial charge in [-0.3, -0.25) is 4.98 Å². The maximum absolute atomic E-state index is 9.40. The Morgan fingerprint density at radius 2 is 1.76 bits per heavy atom. The summed E-state index contributed by atoms with van der Waals surface area (Å²) in [5.74, 6) is 1.21. The minimum atomic E-state index is 0.477. The zero-order valence-electron chi connectivity index (χ0n) is 12.5. The largest absolute Gasteiger partial charge is 0.493 e. The minimum Gasteiger partial charge on any atom is -0.493 e. The van der Waals surface area contributed by atoms with Crippen LogP contribution < -0.4 is 15.2 Å². The molecule has 0 fully saturated rings. The van der Waals surface area contributed by atoms with E-state index in [0.717, 1.165) is 5.56 Å². The lowest BCUT2D eigenvalue weighted by atomic mass is 9.96. The number of hydrogen-bond acceptors (Lipinski definition) is 5. The highest BCUT2D eigenvalue weighted by molar-refractivity contribution is 5.84. The molecule has 0 bridgehead atoms. The van der Waals surface area contributed by atoms with Crippen LogP contribution in [0.25, 0.3) is 11.1 Å². The summed E-state index contributed by atoms with van der Waals surface area (Å²) in [6, 6.07) is 7.64. The van der Waals surface area contributed by atoms with E-state index in [1.807, 2.05) is 19.1 Å². The highest BCUT2D eigenvalue weighted by atomic mass is 16.5. The Morgan fingerprint density at radius 3 is 2.33 bits per heavy atom. The number of hydrogen-bond donors (Lipinski definition) is 1. The molecule has 0 aliphatic heterocycles. The topological polar surface area (TPSA) is 81.2 Å². The number of ether oxygens (including phenoxy) is 2. The summed E-state index contributed by atoms with van der Waals surface area (Å²) in [6.45, 7) is 3.63. The number of nitrogens with zero attached hydrogens (tertiary/aromatic N) is 2. The standard InChI is InChI=1S/C16H17N3O2/c1-9-12(8-17)15(16(18)10(2)19-9)11-5-6-13(20-3)14(7-11)21-4/h5-7H,18H2,1-4H3. The zero-order chi connectivity index (χ0) is 15.6. The average molecular weight is 283 g/mol.